The Bertz CT molecular complexity index is 1800. The van der Waals surface area contributed by atoms with Crippen LogP contribution in [0.4, 0.5) is 15.8 Å². The normalized spacial score (nSPS) is 13.1. The second-order valence-corrected chi connectivity index (χ2v) is 11.0. The molecule has 0 saturated heterocycles. The fraction of sp³-hybridized carbons (Fsp3) is 0.222. The lowest BCUT2D eigenvalue weighted by Crippen LogP contribution is -2.34. The van der Waals surface area contributed by atoms with Crippen LogP contribution in [0.15, 0.2) is 70.3 Å². The Morgan fingerprint density at radius 1 is 1.08 bits per heavy atom. The number of anilines is 2. The van der Waals surface area contributed by atoms with Crippen LogP contribution in [0.1, 0.15) is 23.1 Å². The zero-order valence-corrected chi connectivity index (χ0v) is 21.3. The number of sulfonamides is 1. The van der Waals surface area contributed by atoms with Crippen LogP contribution < -0.4 is 20.9 Å². The van der Waals surface area contributed by atoms with Gasteiger partial charge in [-0.05, 0) is 55.3 Å². The molecule has 4 aromatic rings. The monoisotopic (exact) mass is 536 g/mol. The summed E-state index contributed by atoms with van der Waals surface area (Å²) in [5, 5.41) is 0.367. The molecule has 1 aliphatic heterocycles. The van der Waals surface area contributed by atoms with Crippen molar-refractivity contribution in [1.29, 1.82) is 0 Å². The summed E-state index contributed by atoms with van der Waals surface area (Å²) in [7, 11) is -3.87. The molecular weight excluding hydrogens is 511 g/mol. The summed E-state index contributed by atoms with van der Waals surface area (Å²) in [5.41, 5.74) is 2.05. The SMILES string of the molecule is Cc1ccc(F)c(CS(=O)(=O)Nc2ccc3c(c2)CCN3C(=O)CCn2c(=O)[nH]c(=O)c3ccccc32)c1. The highest BCUT2D eigenvalue weighted by atomic mass is 32.2. The van der Waals surface area contributed by atoms with Crippen molar-refractivity contribution in [1.82, 2.24) is 9.55 Å². The molecule has 9 nitrogen and oxygen atoms in total. The van der Waals surface area contributed by atoms with Gasteiger partial charge in [-0.1, -0.05) is 29.8 Å². The maximum absolute atomic E-state index is 14.1. The second kappa shape index (κ2) is 9.90. The minimum Gasteiger partial charge on any atom is -0.312 e. The van der Waals surface area contributed by atoms with Gasteiger partial charge in [-0.25, -0.2) is 17.6 Å². The molecule has 0 saturated carbocycles. The molecule has 1 aliphatic rings. The van der Waals surface area contributed by atoms with Crippen molar-refractivity contribution < 1.29 is 17.6 Å². The molecule has 0 aliphatic carbocycles. The van der Waals surface area contributed by atoms with Crippen molar-refractivity contribution >= 4 is 38.2 Å². The van der Waals surface area contributed by atoms with Gasteiger partial charge in [-0.15, -0.1) is 0 Å². The first-order valence-corrected chi connectivity index (χ1v) is 13.7. The molecule has 5 rings (SSSR count). The summed E-state index contributed by atoms with van der Waals surface area (Å²) in [6.45, 7) is 2.27. The van der Waals surface area contributed by atoms with E-state index in [1.807, 2.05) is 0 Å². The Hall–Kier alpha value is -4.25. The van der Waals surface area contributed by atoms with Crippen molar-refractivity contribution in [3.05, 3.63) is 104 Å². The number of nitrogens with zero attached hydrogens (tertiary/aromatic N) is 2. The summed E-state index contributed by atoms with van der Waals surface area (Å²) in [4.78, 5) is 41.4. The van der Waals surface area contributed by atoms with Crippen molar-refractivity contribution in [2.45, 2.75) is 32.1 Å². The third kappa shape index (κ3) is 5.10. The molecule has 0 bridgehead atoms. The van der Waals surface area contributed by atoms with E-state index < -0.39 is 32.8 Å². The Labute approximate surface area is 217 Å². The summed E-state index contributed by atoms with van der Waals surface area (Å²) in [6.07, 6.45) is 0.566. The maximum Gasteiger partial charge on any atom is 0.328 e. The van der Waals surface area contributed by atoms with E-state index in [0.717, 1.165) is 11.1 Å². The largest absolute Gasteiger partial charge is 0.328 e. The molecule has 196 valence electrons. The molecule has 11 heteroatoms. The first-order chi connectivity index (χ1) is 18.1. The van der Waals surface area contributed by atoms with Crippen LogP contribution in [0.2, 0.25) is 0 Å². The molecule has 1 aromatic heterocycles. The number of nitrogens with one attached hydrogen (secondary N) is 2. The molecule has 0 atom stereocenters. The van der Waals surface area contributed by atoms with E-state index in [2.05, 4.69) is 9.71 Å². The lowest BCUT2D eigenvalue weighted by molar-refractivity contribution is -0.118. The topological polar surface area (TPSA) is 121 Å². The molecule has 3 aromatic carbocycles. The van der Waals surface area contributed by atoms with E-state index in [-0.39, 0.29) is 24.4 Å². The van der Waals surface area contributed by atoms with Crippen molar-refractivity contribution in [2.24, 2.45) is 0 Å². The summed E-state index contributed by atoms with van der Waals surface area (Å²) in [6, 6.07) is 15.9. The van der Waals surface area contributed by atoms with Gasteiger partial charge in [0.05, 0.1) is 16.7 Å². The molecular formula is C27H25FN4O5S. The van der Waals surface area contributed by atoms with E-state index in [1.54, 1.807) is 60.4 Å². The predicted molar refractivity (Wildman–Crippen MR) is 143 cm³/mol. The van der Waals surface area contributed by atoms with Gasteiger partial charge in [-0.2, -0.15) is 0 Å². The number of carbonyl (C=O) groups excluding carboxylic acids is 1. The highest BCUT2D eigenvalue weighted by Crippen LogP contribution is 2.31. The van der Waals surface area contributed by atoms with Gasteiger partial charge in [0.1, 0.15) is 5.82 Å². The van der Waals surface area contributed by atoms with E-state index in [1.165, 1.54) is 16.7 Å². The molecule has 0 spiro atoms. The quantitative estimate of drug-likeness (QED) is 0.376. The van der Waals surface area contributed by atoms with Gasteiger partial charge in [0.2, 0.25) is 15.9 Å². The first-order valence-electron chi connectivity index (χ1n) is 12.0. The van der Waals surface area contributed by atoms with E-state index in [0.29, 0.717) is 35.2 Å². The molecule has 0 radical (unpaired) electrons. The summed E-state index contributed by atoms with van der Waals surface area (Å²) < 4.78 is 43.3. The van der Waals surface area contributed by atoms with Gasteiger partial charge in [0.25, 0.3) is 5.56 Å². The maximum atomic E-state index is 14.1. The fourth-order valence-corrected chi connectivity index (χ4v) is 5.95. The van der Waals surface area contributed by atoms with Gasteiger partial charge >= 0.3 is 5.69 Å². The van der Waals surface area contributed by atoms with Crippen molar-refractivity contribution in [3.8, 4) is 0 Å². The number of H-pyrrole nitrogens is 1. The number of halogens is 1. The smallest absolute Gasteiger partial charge is 0.312 e. The fourth-order valence-electron chi connectivity index (χ4n) is 4.77. The summed E-state index contributed by atoms with van der Waals surface area (Å²) >= 11 is 0. The standard InChI is InChI=1S/C27H25FN4O5S/c1-17-6-8-22(28)19(14-17)16-38(36,37)30-20-7-9-23-18(15-20)10-12-31(23)25(33)11-13-32-24-5-3-2-4-21(24)26(34)29-27(32)35/h2-9,14-15,30H,10-13,16H2,1H3,(H,29,34,35). The summed E-state index contributed by atoms with van der Waals surface area (Å²) in [5.74, 6) is -1.28. The van der Waals surface area contributed by atoms with Crippen LogP contribution in [0.25, 0.3) is 10.9 Å². The molecule has 38 heavy (non-hydrogen) atoms. The van der Waals surface area contributed by atoms with Crippen LogP contribution in [-0.4, -0.2) is 30.4 Å². The first kappa shape index (κ1) is 25.4. The number of para-hydroxylation sites is 1. The van der Waals surface area contributed by atoms with E-state index in [9.17, 15) is 27.2 Å². The number of benzene rings is 3. The zero-order chi connectivity index (χ0) is 27.0. The lowest BCUT2D eigenvalue weighted by Gasteiger charge is -2.18. The number of aryl methyl sites for hydroxylation is 2. The van der Waals surface area contributed by atoms with E-state index >= 15 is 0 Å². The molecule has 2 heterocycles. The Morgan fingerprint density at radius 3 is 2.68 bits per heavy atom. The van der Waals surface area contributed by atoms with E-state index in [4.69, 9.17) is 0 Å². The average Bonchev–Trinajstić information content (AvgIpc) is 3.29. The van der Waals surface area contributed by atoms with Crippen LogP contribution in [-0.2, 0) is 33.5 Å². The predicted octanol–water partition coefficient (Wildman–Crippen LogP) is 3.06. The van der Waals surface area contributed by atoms with Gasteiger partial charge in [-0.3, -0.25) is 23.9 Å². The second-order valence-electron chi connectivity index (χ2n) is 9.27. The van der Waals surface area contributed by atoms with Crippen LogP contribution in [0.3, 0.4) is 0 Å². The van der Waals surface area contributed by atoms with Gasteiger partial charge in [0.15, 0.2) is 0 Å². The molecule has 0 fully saturated rings. The number of hydrogen-bond donors (Lipinski definition) is 2. The number of carbonyl (C=O) groups is 1. The van der Waals surface area contributed by atoms with Crippen molar-refractivity contribution in [2.75, 3.05) is 16.2 Å². The number of amides is 1. The zero-order valence-electron chi connectivity index (χ0n) is 20.5. The highest BCUT2D eigenvalue weighted by molar-refractivity contribution is 7.91. The average molecular weight is 537 g/mol. The molecule has 0 unspecified atom stereocenters. The minimum absolute atomic E-state index is 0.0336. The highest BCUT2D eigenvalue weighted by Gasteiger charge is 2.25. The Kier molecular flexibility index (Phi) is 6.62. The number of rotatable bonds is 7. The number of hydrogen-bond acceptors (Lipinski definition) is 5. The Balaban J connectivity index is 1.29. The molecule has 2 N–H and O–H groups in total. The molecule has 1 amide bonds. The number of aromatic nitrogens is 2. The third-order valence-electron chi connectivity index (χ3n) is 6.55. The Morgan fingerprint density at radius 2 is 1.87 bits per heavy atom. The van der Waals surface area contributed by atoms with Gasteiger partial charge < -0.3 is 4.90 Å². The number of fused-ring (bicyclic) bond motifs is 2. The van der Waals surface area contributed by atoms with Crippen LogP contribution in [0.5, 0.6) is 0 Å². The van der Waals surface area contributed by atoms with Crippen LogP contribution in [0, 0.1) is 12.7 Å². The third-order valence-corrected chi connectivity index (χ3v) is 7.79. The lowest BCUT2D eigenvalue weighted by atomic mass is 10.1. The number of aromatic amines is 1. The van der Waals surface area contributed by atoms with Crippen LogP contribution >= 0.6 is 0 Å². The van der Waals surface area contributed by atoms with Gasteiger partial charge in [0, 0.05) is 36.4 Å². The van der Waals surface area contributed by atoms with Crippen molar-refractivity contribution in [3.63, 3.8) is 0 Å². The minimum atomic E-state index is -3.87.